The number of ether oxygens (including phenoxy) is 1. The maximum Gasteiger partial charge on any atom is 0.270 e. The Morgan fingerprint density at radius 2 is 1.82 bits per heavy atom. The minimum Gasteiger partial charge on any atom is -0.485 e. The topological polar surface area (TPSA) is 81.7 Å². The van der Waals surface area contributed by atoms with Crippen molar-refractivity contribution < 1.29 is 27.1 Å². The first-order valence-corrected chi connectivity index (χ1v) is 10.4. The standard InChI is InChI=1S/C23H26F4N4O2/c1-14-19(21(32)29-13-22(2,28)9-10-23(3,26)27)31-11-5-8-18(20(31)30-14)33-12-15-16(24)6-4-7-17(15)25/h4-8,11H,9-10,12-13,28H2,1-3H3,(H,29,32). The van der Waals surface area contributed by atoms with Gasteiger partial charge in [0.2, 0.25) is 5.92 Å². The molecule has 33 heavy (non-hydrogen) atoms. The summed E-state index contributed by atoms with van der Waals surface area (Å²) in [5.41, 5.74) is 5.71. The Balaban J connectivity index is 1.77. The molecule has 0 saturated heterocycles. The van der Waals surface area contributed by atoms with Crippen molar-refractivity contribution in [3.63, 3.8) is 0 Å². The molecule has 1 atom stereocenters. The molecule has 0 spiro atoms. The van der Waals surface area contributed by atoms with E-state index in [2.05, 4.69) is 10.3 Å². The molecular formula is C23H26F4N4O2. The van der Waals surface area contributed by atoms with Gasteiger partial charge >= 0.3 is 0 Å². The molecule has 0 saturated carbocycles. The smallest absolute Gasteiger partial charge is 0.270 e. The zero-order valence-corrected chi connectivity index (χ0v) is 18.6. The summed E-state index contributed by atoms with van der Waals surface area (Å²) in [7, 11) is 0. The van der Waals surface area contributed by atoms with Crippen LogP contribution in [0.1, 0.15) is 48.4 Å². The van der Waals surface area contributed by atoms with Gasteiger partial charge in [-0.05, 0) is 51.5 Å². The van der Waals surface area contributed by atoms with Crippen LogP contribution in [0.4, 0.5) is 17.6 Å². The Kier molecular flexibility index (Phi) is 6.97. The average molecular weight is 466 g/mol. The number of halogens is 4. The Hall–Kier alpha value is -3.14. The minimum atomic E-state index is -2.84. The number of alkyl halides is 2. The van der Waals surface area contributed by atoms with E-state index in [1.807, 2.05) is 0 Å². The van der Waals surface area contributed by atoms with Crippen LogP contribution >= 0.6 is 0 Å². The van der Waals surface area contributed by atoms with Crippen molar-refractivity contribution in [1.82, 2.24) is 14.7 Å². The van der Waals surface area contributed by atoms with Crippen LogP contribution in [-0.4, -0.2) is 33.3 Å². The second-order valence-corrected chi connectivity index (χ2v) is 8.51. The van der Waals surface area contributed by atoms with Crippen LogP contribution in [0.15, 0.2) is 36.5 Å². The summed E-state index contributed by atoms with van der Waals surface area (Å²) in [6.07, 6.45) is 1.22. The molecule has 0 aliphatic heterocycles. The number of imidazole rings is 1. The number of nitrogens with two attached hydrogens (primary N) is 1. The van der Waals surface area contributed by atoms with E-state index in [9.17, 15) is 22.4 Å². The van der Waals surface area contributed by atoms with Gasteiger partial charge < -0.3 is 15.8 Å². The van der Waals surface area contributed by atoms with E-state index in [4.69, 9.17) is 10.5 Å². The molecule has 10 heteroatoms. The normalized spacial score (nSPS) is 13.7. The molecule has 0 radical (unpaired) electrons. The summed E-state index contributed by atoms with van der Waals surface area (Å²) in [6, 6.07) is 6.71. The number of aromatic nitrogens is 2. The number of fused-ring (bicyclic) bond motifs is 1. The molecule has 0 aliphatic rings. The maximum atomic E-state index is 13.9. The van der Waals surface area contributed by atoms with Gasteiger partial charge in [0.05, 0.1) is 11.3 Å². The third-order valence-electron chi connectivity index (χ3n) is 5.23. The van der Waals surface area contributed by atoms with Crippen LogP contribution in [-0.2, 0) is 6.61 Å². The first-order valence-electron chi connectivity index (χ1n) is 10.4. The minimum absolute atomic E-state index is 0.0165. The van der Waals surface area contributed by atoms with Crippen molar-refractivity contribution in [3.05, 3.63) is 65.1 Å². The van der Waals surface area contributed by atoms with Gasteiger partial charge in [-0.1, -0.05) is 6.07 Å². The van der Waals surface area contributed by atoms with Gasteiger partial charge in [-0.15, -0.1) is 0 Å². The molecule has 1 unspecified atom stereocenters. The average Bonchev–Trinajstić information content (AvgIpc) is 3.06. The van der Waals surface area contributed by atoms with Gasteiger partial charge in [-0.25, -0.2) is 22.5 Å². The van der Waals surface area contributed by atoms with Gasteiger partial charge in [0.15, 0.2) is 11.4 Å². The van der Waals surface area contributed by atoms with Crippen molar-refractivity contribution in [2.75, 3.05) is 6.54 Å². The molecule has 1 aromatic carbocycles. The lowest BCUT2D eigenvalue weighted by Crippen LogP contribution is -2.48. The fraction of sp³-hybridized carbons (Fsp3) is 0.391. The van der Waals surface area contributed by atoms with Gasteiger partial charge in [0, 0.05) is 24.7 Å². The third-order valence-corrected chi connectivity index (χ3v) is 5.23. The van der Waals surface area contributed by atoms with Crippen LogP contribution in [0.3, 0.4) is 0 Å². The van der Waals surface area contributed by atoms with Crippen LogP contribution in [0.5, 0.6) is 5.75 Å². The predicted molar refractivity (Wildman–Crippen MR) is 115 cm³/mol. The number of carbonyl (C=O) groups excluding carboxylic acids is 1. The molecule has 2 aromatic heterocycles. The Morgan fingerprint density at radius 3 is 2.45 bits per heavy atom. The summed E-state index contributed by atoms with van der Waals surface area (Å²) in [4.78, 5) is 17.2. The molecule has 178 valence electrons. The fourth-order valence-electron chi connectivity index (χ4n) is 3.32. The maximum absolute atomic E-state index is 13.9. The summed E-state index contributed by atoms with van der Waals surface area (Å²) in [6.45, 7) is 3.66. The van der Waals surface area contributed by atoms with Gasteiger partial charge in [-0.3, -0.25) is 9.20 Å². The lowest BCUT2D eigenvalue weighted by molar-refractivity contribution is 0.00567. The number of nitrogens with one attached hydrogen (secondary N) is 1. The lowest BCUT2D eigenvalue weighted by Gasteiger charge is -2.26. The van der Waals surface area contributed by atoms with E-state index >= 15 is 0 Å². The monoisotopic (exact) mass is 466 g/mol. The zero-order chi connectivity index (χ0) is 24.4. The van der Waals surface area contributed by atoms with Crippen molar-refractivity contribution in [2.45, 2.75) is 51.7 Å². The van der Waals surface area contributed by atoms with E-state index in [1.165, 1.54) is 10.5 Å². The number of nitrogens with zero attached hydrogens (tertiary/aromatic N) is 2. The highest BCUT2D eigenvalue weighted by molar-refractivity contribution is 5.95. The van der Waals surface area contributed by atoms with E-state index in [0.717, 1.165) is 19.1 Å². The predicted octanol–water partition coefficient (Wildman–Crippen LogP) is 4.38. The number of amides is 1. The van der Waals surface area contributed by atoms with Crippen LogP contribution in [0.2, 0.25) is 0 Å². The number of hydrogen-bond acceptors (Lipinski definition) is 4. The Bertz CT molecular complexity index is 1140. The van der Waals surface area contributed by atoms with E-state index < -0.39 is 35.4 Å². The first-order chi connectivity index (χ1) is 15.4. The number of pyridine rings is 1. The van der Waals surface area contributed by atoms with Crippen molar-refractivity contribution >= 4 is 11.6 Å². The zero-order valence-electron chi connectivity index (χ0n) is 18.6. The molecule has 1 amide bonds. The largest absolute Gasteiger partial charge is 0.485 e. The fourth-order valence-corrected chi connectivity index (χ4v) is 3.32. The van der Waals surface area contributed by atoms with Crippen molar-refractivity contribution in [2.24, 2.45) is 5.73 Å². The van der Waals surface area contributed by atoms with Crippen LogP contribution in [0, 0.1) is 18.6 Å². The Morgan fingerprint density at radius 1 is 1.15 bits per heavy atom. The number of hydrogen-bond donors (Lipinski definition) is 2. The third kappa shape index (κ3) is 6.01. The molecule has 3 N–H and O–H groups in total. The van der Waals surface area contributed by atoms with Crippen LogP contribution < -0.4 is 15.8 Å². The molecule has 0 aliphatic carbocycles. The van der Waals surface area contributed by atoms with Crippen molar-refractivity contribution in [3.8, 4) is 5.75 Å². The van der Waals surface area contributed by atoms with E-state index in [-0.39, 0.29) is 42.2 Å². The highest BCUT2D eigenvalue weighted by Crippen LogP contribution is 2.25. The molecule has 0 fully saturated rings. The SMILES string of the molecule is Cc1nc2c(OCc3c(F)cccc3F)cccn2c1C(=O)NCC(C)(N)CCC(C)(F)F. The quantitative estimate of drug-likeness (QED) is 0.459. The summed E-state index contributed by atoms with van der Waals surface area (Å²) in [5, 5.41) is 2.68. The molecule has 6 nitrogen and oxygen atoms in total. The Labute approximate surface area is 188 Å². The molecular weight excluding hydrogens is 440 g/mol. The van der Waals surface area contributed by atoms with E-state index in [1.54, 1.807) is 32.2 Å². The van der Waals surface area contributed by atoms with Crippen molar-refractivity contribution in [1.29, 1.82) is 0 Å². The highest BCUT2D eigenvalue weighted by atomic mass is 19.3. The summed E-state index contributed by atoms with van der Waals surface area (Å²) >= 11 is 0. The summed E-state index contributed by atoms with van der Waals surface area (Å²) < 4.78 is 61.2. The second-order valence-electron chi connectivity index (χ2n) is 8.51. The number of benzene rings is 1. The molecule has 3 aromatic rings. The molecule has 3 rings (SSSR count). The van der Waals surface area contributed by atoms with Gasteiger partial charge in [0.25, 0.3) is 5.91 Å². The first kappa shape index (κ1) is 24.5. The molecule has 0 bridgehead atoms. The van der Waals surface area contributed by atoms with Gasteiger partial charge in [0.1, 0.15) is 23.9 Å². The van der Waals surface area contributed by atoms with Crippen LogP contribution in [0.25, 0.3) is 5.65 Å². The lowest BCUT2D eigenvalue weighted by atomic mass is 9.95. The number of rotatable bonds is 9. The van der Waals surface area contributed by atoms with E-state index in [0.29, 0.717) is 5.69 Å². The molecule has 2 heterocycles. The van der Waals surface area contributed by atoms with Gasteiger partial charge in [-0.2, -0.15) is 0 Å². The second kappa shape index (κ2) is 9.38. The number of aryl methyl sites for hydroxylation is 1. The summed E-state index contributed by atoms with van der Waals surface area (Å²) in [5.74, 6) is -4.56. The highest BCUT2D eigenvalue weighted by Gasteiger charge is 2.28. The number of carbonyl (C=O) groups is 1.